The molecule has 3 N–H and O–H groups in total. The lowest BCUT2D eigenvalue weighted by Gasteiger charge is -2.24. The first-order valence-corrected chi connectivity index (χ1v) is 6.15. The van der Waals surface area contributed by atoms with Crippen molar-refractivity contribution in [3.8, 4) is 5.75 Å². The summed E-state index contributed by atoms with van der Waals surface area (Å²) in [4.78, 5) is 11.5. The molecule has 106 valence electrons. The summed E-state index contributed by atoms with van der Waals surface area (Å²) >= 11 is 0. The van der Waals surface area contributed by atoms with Crippen LogP contribution in [0.2, 0.25) is 0 Å². The molecule has 2 atom stereocenters. The number of aliphatic hydroxyl groups is 1. The van der Waals surface area contributed by atoms with Gasteiger partial charge in [0.2, 0.25) is 0 Å². The van der Waals surface area contributed by atoms with Crippen LogP contribution in [0.5, 0.6) is 5.75 Å². The molecule has 0 aliphatic carbocycles. The molecule has 0 aromatic heterocycles. The Morgan fingerprint density at radius 3 is 2.26 bits per heavy atom. The second-order valence-electron chi connectivity index (χ2n) is 5.47. The fourth-order valence-electron chi connectivity index (χ4n) is 1.51. The lowest BCUT2D eigenvalue weighted by Crippen LogP contribution is -2.41. The zero-order valence-corrected chi connectivity index (χ0v) is 11.7. The minimum absolute atomic E-state index is 0.158. The lowest BCUT2D eigenvalue weighted by molar-refractivity contribution is 0.0318. The number of carbonyl (C=O) groups is 1. The summed E-state index contributed by atoms with van der Waals surface area (Å²) in [5, 5.41) is 21.5. The van der Waals surface area contributed by atoms with E-state index in [9.17, 15) is 15.0 Å². The van der Waals surface area contributed by atoms with Gasteiger partial charge in [0, 0.05) is 5.92 Å². The highest BCUT2D eigenvalue weighted by Gasteiger charge is 2.22. The highest BCUT2D eigenvalue weighted by atomic mass is 16.6. The van der Waals surface area contributed by atoms with E-state index < -0.39 is 17.9 Å². The van der Waals surface area contributed by atoms with Crippen LogP contribution in [0.3, 0.4) is 0 Å². The number of hydrogen-bond donors (Lipinski definition) is 3. The van der Waals surface area contributed by atoms with Gasteiger partial charge in [0.1, 0.15) is 17.6 Å². The minimum Gasteiger partial charge on any atom is -0.508 e. The van der Waals surface area contributed by atoms with E-state index in [1.54, 1.807) is 39.8 Å². The number of aliphatic hydroxyl groups excluding tert-OH is 1. The third kappa shape index (κ3) is 5.18. The van der Waals surface area contributed by atoms with Gasteiger partial charge in [0.25, 0.3) is 0 Å². The number of phenols is 1. The van der Waals surface area contributed by atoms with Crippen molar-refractivity contribution in [3.63, 3.8) is 0 Å². The third-order valence-electron chi connectivity index (χ3n) is 2.56. The molecular weight excluding hydrogens is 246 g/mol. The lowest BCUT2D eigenvalue weighted by atomic mass is 9.99. The van der Waals surface area contributed by atoms with Crippen LogP contribution in [0.25, 0.3) is 0 Å². The van der Waals surface area contributed by atoms with Gasteiger partial charge in [-0.25, -0.2) is 4.79 Å². The molecule has 0 fully saturated rings. The number of hydrogen-bond acceptors (Lipinski definition) is 4. The molecule has 0 saturated heterocycles. The molecule has 1 unspecified atom stereocenters. The van der Waals surface area contributed by atoms with Gasteiger partial charge in [-0.15, -0.1) is 0 Å². The van der Waals surface area contributed by atoms with Crippen molar-refractivity contribution >= 4 is 6.09 Å². The maximum absolute atomic E-state index is 11.5. The van der Waals surface area contributed by atoms with E-state index in [4.69, 9.17) is 4.74 Å². The maximum atomic E-state index is 11.5. The largest absolute Gasteiger partial charge is 0.508 e. The Morgan fingerprint density at radius 2 is 1.79 bits per heavy atom. The second kappa shape index (κ2) is 5.93. The predicted molar refractivity (Wildman–Crippen MR) is 71.9 cm³/mol. The van der Waals surface area contributed by atoms with Gasteiger partial charge in [-0.2, -0.15) is 0 Å². The van der Waals surface area contributed by atoms with Crippen LogP contribution in [0.4, 0.5) is 4.79 Å². The van der Waals surface area contributed by atoms with Crippen molar-refractivity contribution in [2.45, 2.75) is 45.4 Å². The number of ether oxygens (including phenoxy) is 1. The van der Waals surface area contributed by atoms with E-state index in [0.717, 1.165) is 5.56 Å². The van der Waals surface area contributed by atoms with Crippen molar-refractivity contribution in [1.29, 1.82) is 0 Å². The van der Waals surface area contributed by atoms with E-state index in [1.807, 2.05) is 0 Å². The van der Waals surface area contributed by atoms with Crippen LogP contribution in [0.1, 0.15) is 39.2 Å². The molecule has 0 spiro atoms. The Morgan fingerprint density at radius 1 is 1.26 bits per heavy atom. The SMILES string of the molecule is CC(c1ccc(O)cc1)[C@@H](O)NC(=O)OC(C)(C)C. The van der Waals surface area contributed by atoms with Crippen LogP contribution in [0, 0.1) is 0 Å². The Labute approximate surface area is 113 Å². The molecule has 0 aliphatic heterocycles. The van der Waals surface area contributed by atoms with Crippen LogP contribution in [-0.2, 0) is 4.74 Å². The molecule has 0 heterocycles. The summed E-state index contributed by atoms with van der Waals surface area (Å²) in [7, 11) is 0. The predicted octanol–water partition coefficient (Wildman–Crippen LogP) is 2.34. The van der Waals surface area contributed by atoms with E-state index in [0.29, 0.717) is 0 Å². The van der Waals surface area contributed by atoms with E-state index in [-0.39, 0.29) is 11.7 Å². The number of phenolic OH excluding ortho intramolecular Hbond substituents is 1. The average molecular weight is 267 g/mol. The highest BCUT2D eigenvalue weighted by molar-refractivity contribution is 5.68. The molecular formula is C14H21NO4. The van der Waals surface area contributed by atoms with Gasteiger partial charge < -0.3 is 14.9 Å². The summed E-state index contributed by atoms with van der Waals surface area (Å²) in [6.45, 7) is 7.03. The van der Waals surface area contributed by atoms with Crippen molar-refractivity contribution < 1.29 is 19.7 Å². The van der Waals surface area contributed by atoms with Crippen molar-refractivity contribution in [2.24, 2.45) is 0 Å². The molecule has 0 saturated carbocycles. The van der Waals surface area contributed by atoms with Gasteiger partial charge in [0.05, 0.1) is 0 Å². The molecule has 19 heavy (non-hydrogen) atoms. The second-order valence-corrected chi connectivity index (χ2v) is 5.47. The first kappa shape index (κ1) is 15.3. The number of alkyl carbamates (subject to hydrolysis) is 1. The summed E-state index contributed by atoms with van der Waals surface area (Å²) in [6.07, 6.45) is -1.72. The van der Waals surface area contributed by atoms with Crippen LogP contribution in [0.15, 0.2) is 24.3 Å². The molecule has 5 nitrogen and oxygen atoms in total. The standard InChI is InChI=1S/C14H21NO4/c1-9(10-5-7-11(16)8-6-10)12(17)15-13(18)19-14(2,3)4/h5-9,12,16-17H,1-4H3,(H,15,18)/t9?,12-/m1/s1. The molecule has 1 amide bonds. The zero-order chi connectivity index (χ0) is 14.6. The van der Waals surface area contributed by atoms with Crippen molar-refractivity contribution in [3.05, 3.63) is 29.8 Å². The third-order valence-corrected chi connectivity index (χ3v) is 2.56. The first-order valence-electron chi connectivity index (χ1n) is 6.15. The first-order chi connectivity index (χ1) is 8.69. The van der Waals surface area contributed by atoms with Crippen molar-refractivity contribution in [1.82, 2.24) is 5.32 Å². The van der Waals surface area contributed by atoms with Crippen LogP contribution in [-0.4, -0.2) is 28.1 Å². The smallest absolute Gasteiger partial charge is 0.409 e. The molecule has 1 aromatic carbocycles. The molecule has 5 heteroatoms. The molecule has 0 aliphatic rings. The van der Waals surface area contributed by atoms with Crippen LogP contribution < -0.4 is 5.32 Å². The fraction of sp³-hybridized carbons (Fsp3) is 0.500. The summed E-state index contributed by atoms with van der Waals surface area (Å²) in [5.74, 6) is -0.154. The van der Waals surface area contributed by atoms with Gasteiger partial charge in [-0.3, -0.25) is 5.32 Å². The average Bonchev–Trinajstić information content (AvgIpc) is 2.26. The quantitative estimate of drug-likeness (QED) is 0.734. The zero-order valence-electron chi connectivity index (χ0n) is 11.7. The normalized spacial score (nSPS) is 14.6. The highest BCUT2D eigenvalue weighted by Crippen LogP contribution is 2.20. The van der Waals surface area contributed by atoms with Gasteiger partial charge >= 0.3 is 6.09 Å². The Balaban J connectivity index is 2.60. The van der Waals surface area contributed by atoms with E-state index >= 15 is 0 Å². The Bertz CT molecular complexity index is 422. The van der Waals surface area contributed by atoms with E-state index in [2.05, 4.69) is 5.32 Å². The molecule has 1 rings (SSSR count). The Kier molecular flexibility index (Phi) is 4.78. The topological polar surface area (TPSA) is 78.8 Å². The van der Waals surface area contributed by atoms with Crippen LogP contribution >= 0.6 is 0 Å². The van der Waals surface area contributed by atoms with Gasteiger partial charge in [-0.1, -0.05) is 19.1 Å². The van der Waals surface area contributed by atoms with Gasteiger partial charge in [-0.05, 0) is 38.5 Å². The number of carbonyl (C=O) groups excluding carboxylic acids is 1. The van der Waals surface area contributed by atoms with Crippen molar-refractivity contribution in [2.75, 3.05) is 0 Å². The fourth-order valence-corrected chi connectivity index (χ4v) is 1.51. The van der Waals surface area contributed by atoms with E-state index in [1.165, 1.54) is 12.1 Å². The van der Waals surface area contributed by atoms with Gasteiger partial charge in [0.15, 0.2) is 0 Å². The number of amides is 1. The number of nitrogens with one attached hydrogen (secondary N) is 1. The number of rotatable bonds is 3. The minimum atomic E-state index is -1.06. The molecule has 0 radical (unpaired) electrons. The summed E-state index contributed by atoms with van der Waals surface area (Å²) in [5.41, 5.74) is 0.201. The number of benzene rings is 1. The maximum Gasteiger partial charge on any atom is 0.409 e. The summed E-state index contributed by atoms with van der Waals surface area (Å²) < 4.78 is 5.06. The monoisotopic (exact) mass is 267 g/mol. The summed E-state index contributed by atoms with van der Waals surface area (Å²) in [6, 6.07) is 6.46. The Hall–Kier alpha value is -1.75. The molecule has 0 bridgehead atoms. The number of aromatic hydroxyl groups is 1. The molecule has 1 aromatic rings.